The normalized spacial score (nSPS) is 18.4. The molecule has 0 aromatic carbocycles. The van der Waals surface area contributed by atoms with Crippen molar-refractivity contribution in [2.75, 3.05) is 5.32 Å². The Kier molecular flexibility index (Phi) is 1.34. The summed E-state index contributed by atoms with van der Waals surface area (Å²) in [4.78, 5) is 0. The van der Waals surface area contributed by atoms with Crippen LogP contribution < -0.4 is 5.32 Å². The topological polar surface area (TPSA) is 40.7 Å². The summed E-state index contributed by atoms with van der Waals surface area (Å²) >= 11 is 0. The summed E-state index contributed by atoms with van der Waals surface area (Å²) in [6.07, 6.45) is 5.74. The molecule has 0 spiro atoms. The first-order valence-electron chi connectivity index (χ1n) is 3.71. The molecule has 2 N–H and O–H groups in total. The van der Waals surface area contributed by atoms with Crippen LogP contribution in [0.1, 0.15) is 19.3 Å². The molecular weight excluding hydrogens is 126 g/mol. The highest BCUT2D eigenvalue weighted by molar-refractivity contribution is 5.33. The molecule has 0 saturated heterocycles. The Morgan fingerprint density at radius 1 is 1.60 bits per heavy atom. The van der Waals surface area contributed by atoms with Gasteiger partial charge in [0, 0.05) is 6.04 Å². The molecule has 1 fully saturated rings. The van der Waals surface area contributed by atoms with Gasteiger partial charge in [0.1, 0.15) is 5.82 Å². The van der Waals surface area contributed by atoms with E-state index in [0.29, 0.717) is 6.04 Å². The van der Waals surface area contributed by atoms with Crippen molar-refractivity contribution in [3.63, 3.8) is 0 Å². The Bertz CT molecular complexity index is 189. The molecule has 0 unspecified atom stereocenters. The third-order valence-corrected chi connectivity index (χ3v) is 1.97. The van der Waals surface area contributed by atoms with Crippen LogP contribution in [0.2, 0.25) is 0 Å². The summed E-state index contributed by atoms with van der Waals surface area (Å²) in [5.74, 6) is 1.05. The fourth-order valence-corrected chi connectivity index (χ4v) is 1.11. The van der Waals surface area contributed by atoms with E-state index < -0.39 is 0 Å². The molecule has 0 radical (unpaired) electrons. The largest absolute Gasteiger partial charge is 0.368 e. The summed E-state index contributed by atoms with van der Waals surface area (Å²) in [6.45, 7) is 0. The van der Waals surface area contributed by atoms with E-state index in [1.807, 2.05) is 6.07 Å². The van der Waals surface area contributed by atoms with Crippen LogP contribution in [0.4, 0.5) is 5.82 Å². The van der Waals surface area contributed by atoms with Crippen LogP contribution >= 0.6 is 0 Å². The Hall–Kier alpha value is -0.990. The third kappa shape index (κ3) is 0.988. The molecule has 1 heterocycles. The van der Waals surface area contributed by atoms with Crippen LogP contribution in [0.5, 0.6) is 0 Å². The number of aromatic nitrogens is 2. The highest BCUT2D eigenvalue weighted by Crippen LogP contribution is 2.21. The molecule has 1 aliphatic carbocycles. The van der Waals surface area contributed by atoms with Crippen molar-refractivity contribution in [1.82, 2.24) is 10.2 Å². The van der Waals surface area contributed by atoms with Gasteiger partial charge in [0.2, 0.25) is 0 Å². The standard InChI is InChI=1S/C7H11N3/c1-2-6(3-1)9-7-4-5-8-10-7/h4-6H,1-3H2,(H2,8,9,10). The maximum Gasteiger partial charge on any atom is 0.121 e. The lowest BCUT2D eigenvalue weighted by atomic mass is 9.93. The fraction of sp³-hybridized carbons (Fsp3) is 0.571. The molecule has 1 aliphatic rings. The zero-order valence-electron chi connectivity index (χ0n) is 5.80. The van der Waals surface area contributed by atoms with E-state index in [-0.39, 0.29) is 0 Å². The van der Waals surface area contributed by atoms with Gasteiger partial charge in [-0.25, -0.2) is 0 Å². The van der Waals surface area contributed by atoms with Crippen molar-refractivity contribution >= 4 is 5.82 Å². The van der Waals surface area contributed by atoms with Gasteiger partial charge in [0.05, 0.1) is 6.20 Å². The van der Waals surface area contributed by atoms with Gasteiger partial charge in [0.25, 0.3) is 0 Å². The van der Waals surface area contributed by atoms with E-state index in [1.54, 1.807) is 6.20 Å². The second kappa shape index (κ2) is 2.33. The van der Waals surface area contributed by atoms with Crippen LogP contribution in [0.15, 0.2) is 12.3 Å². The van der Waals surface area contributed by atoms with Crippen molar-refractivity contribution in [3.8, 4) is 0 Å². The SMILES string of the molecule is c1cc(NC2CCC2)[nH]n1. The third-order valence-electron chi connectivity index (χ3n) is 1.97. The van der Waals surface area contributed by atoms with E-state index >= 15 is 0 Å². The van der Waals surface area contributed by atoms with Gasteiger partial charge in [-0.15, -0.1) is 0 Å². The predicted molar refractivity (Wildman–Crippen MR) is 39.8 cm³/mol. The maximum absolute atomic E-state index is 3.85. The molecule has 10 heavy (non-hydrogen) atoms. The van der Waals surface area contributed by atoms with Gasteiger partial charge >= 0.3 is 0 Å². The van der Waals surface area contributed by atoms with Crippen LogP contribution in [-0.4, -0.2) is 16.2 Å². The summed E-state index contributed by atoms with van der Waals surface area (Å²) in [6, 6.07) is 2.65. The van der Waals surface area contributed by atoms with Crippen molar-refractivity contribution in [1.29, 1.82) is 0 Å². The quantitative estimate of drug-likeness (QED) is 0.646. The molecule has 54 valence electrons. The molecule has 0 bridgehead atoms. The molecular formula is C7H11N3. The Balaban J connectivity index is 1.90. The van der Waals surface area contributed by atoms with Gasteiger partial charge < -0.3 is 5.32 Å². The average Bonchev–Trinajstić information content (AvgIpc) is 2.29. The van der Waals surface area contributed by atoms with Gasteiger partial charge in [0.15, 0.2) is 0 Å². The van der Waals surface area contributed by atoms with Crippen molar-refractivity contribution in [3.05, 3.63) is 12.3 Å². The van der Waals surface area contributed by atoms with E-state index in [4.69, 9.17) is 0 Å². The lowest BCUT2D eigenvalue weighted by Gasteiger charge is -2.26. The fourth-order valence-electron chi connectivity index (χ4n) is 1.11. The highest BCUT2D eigenvalue weighted by Gasteiger charge is 2.16. The number of H-pyrrole nitrogens is 1. The summed E-state index contributed by atoms with van der Waals surface area (Å²) in [5, 5.41) is 10.1. The average molecular weight is 137 g/mol. The van der Waals surface area contributed by atoms with Crippen LogP contribution in [0.25, 0.3) is 0 Å². The smallest absolute Gasteiger partial charge is 0.121 e. The first-order chi connectivity index (χ1) is 4.95. The van der Waals surface area contributed by atoms with E-state index in [9.17, 15) is 0 Å². The minimum absolute atomic E-state index is 0.695. The number of anilines is 1. The number of hydrogen-bond acceptors (Lipinski definition) is 2. The number of hydrogen-bond donors (Lipinski definition) is 2. The van der Waals surface area contributed by atoms with Crippen LogP contribution in [-0.2, 0) is 0 Å². The van der Waals surface area contributed by atoms with Crippen LogP contribution in [0, 0.1) is 0 Å². The molecule has 0 atom stereocenters. The van der Waals surface area contributed by atoms with E-state index in [2.05, 4.69) is 15.5 Å². The predicted octanol–water partition coefficient (Wildman–Crippen LogP) is 1.37. The van der Waals surface area contributed by atoms with Gasteiger partial charge in [-0.05, 0) is 25.3 Å². The Labute approximate surface area is 59.8 Å². The second-order valence-corrected chi connectivity index (χ2v) is 2.74. The molecule has 1 aromatic rings. The first-order valence-corrected chi connectivity index (χ1v) is 3.71. The number of nitrogens with one attached hydrogen (secondary N) is 2. The lowest BCUT2D eigenvalue weighted by molar-refractivity contribution is 0.444. The molecule has 2 rings (SSSR count). The van der Waals surface area contributed by atoms with Crippen molar-refractivity contribution in [2.45, 2.75) is 25.3 Å². The number of aromatic amines is 1. The zero-order chi connectivity index (χ0) is 6.81. The highest BCUT2D eigenvalue weighted by atomic mass is 15.2. The van der Waals surface area contributed by atoms with Crippen molar-refractivity contribution < 1.29 is 0 Å². The van der Waals surface area contributed by atoms with Crippen molar-refractivity contribution in [2.24, 2.45) is 0 Å². The first kappa shape index (κ1) is 5.77. The molecule has 1 aromatic heterocycles. The molecule has 3 nitrogen and oxygen atoms in total. The van der Waals surface area contributed by atoms with Gasteiger partial charge in [-0.3, -0.25) is 5.10 Å². The van der Waals surface area contributed by atoms with Gasteiger partial charge in [-0.1, -0.05) is 0 Å². The minimum atomic E-state index is 0.695. The number of rotatable bonds is 2. The number of nitrogens with zero attached hydrogens (tertiary/aromatic N) is 1. The zero-order valence-corrected chi connectivity index (χ0v) is 5.80. The summed E-state index contributed by atoms with van der Waals surface area (Å²) in [5.41, 5.74) is 0. The minimum Gasteiger partial charge on any atom is -0.368 e. The maximum atomic E-state index is 3.85. The van der Waals surface area contributed by atoms with Crippen LogP contribution in [0.3, 0.4) is 0 Å². The summed E-state index contributed by atoms with van der Waals surface area (Å²) < 4.78 is 0. The summed E-state index contributed by atoms with van der Waals surface area (Å²) in [7, 11) is 0. The Morgan fingerprint density at radius 3 is 3.00 bits per heavy atom. The lowest BCUT2D eigenvalue weighted by Crippen LogP contribution is -2.27. The Morgan fingerprint density at radius 2 is 2.50 bits per heavy atom. The molecule has 3 heteroatoms. The van der Waals surface area contributed by atoms with Gasteiger partial charge in [-0.2, -0.15) is 5.10 Å². The van der Waals surface area contributed by atoms with E-state index in [1.165, 1.54) is 19.3 Å². The molecule has 0 amide bonds. The molecule has 0 aliphatic heterocycles. The van der Waals surface area contributed by atoms with E-state index in [0.717, 1.165) is 5.82 Å². The molecule has 1 saturated carbocycles. The second-order valence-electron chi connectivity index (χ2n) is 2.74. The monoisotopic (exact) mass is 137 g/mol.